The standard InChI is InChI=1S/C15H19N3OS2/c1-8-6-9(2)13(11(4)19)10(3)12(8)7-20-15-18-17-14(16-5)21-15/h6H,7H2,1-5H3,(H,16,17). The number of hydrogen-bond donors (Lipinski definition) is 1. The van der Waals surface area contributed by atoms with Gasteiger partial charge in [-0.25, -0.2) is 0 Å². The minimum absolute atomic E-state index is 0.129. The predicted molar refractivity (Wildman–Crippen MR) is 89.7 cm³/mol. The Balaban J connectivity index is 2.27. The number of ketones is 1. The van der Waals surface area contributed by atoms with Crippen LogP contribution >= 0.6 is 23.1 Å². The molecule has 0 saturated carbocycles. The fourth-order valence-corrected chi connectivity index (χ4v) is 4.38. The normalized spacial score (nSPS) is 10.7. The summed E-state index contributed by atoms with van der Waals surface area (Å²) in [6.07, 6.45) is 0. The van der Waals surface area contributed by atoms with E-state index in [0.29, 0.717) is 0 Å². The molecule has 0 spiro atoms. The van der Waals surface area contributed by atoms with Crippen molar-refractivity contribution in [2.24, 2.45) is 0 Å². The van der Waals surface area contributed by atoms with Crippen molar-refractivity contribution in [3.8, 4) is 0 Å². The van der Waals surface area contributed by atoms with Crippen LogP contribution in [0.25, 0.3) is 0 Å². The molecule has 0 saturated heterocycles. The number of aryl methyl sites for hydroxylation is 2. The summed E-state index contributed by atoms with van der Waals surface area (Å²) >= 11 is 3.20. The minimum atomic E-state index is 0.129. The molecule has 1 aromatic heterocycles. The maximum absolute atomic E-state index is 11.8. The number of carbonyl (C=O) groups excluding carboxylic acids is 1. The topological polar surface area (TPSA) is 54.9 Å². The number of Topliss-reactive ketones (excluding diaryl/α,β-unsaturated/α-hetero) is 1. The van der Waals surface area contributed by atoms with Gasteiger partial charge in [-0.05, 0) is 49.9 Å². The highest BCUT2D eigenvalue weighted by Gasteiger charge is 2.15. The second-order valence-electron chi connectivity index (χ2n) is 4.96. The van der Waals surface area contributed by atoms with E-state index in [9.17, 15) is 4.79 Å². The van der Waals surface area contributed by atoms with Gasteiger partial charge in [0.2, 0.25) is 5.13 Å². The Labute approximate surface area is 133 Å². The Morgan fingerprint density at radius 1 is 1.29 bits per heavy atom. The van der Waals surface area contributed by atoms with Crippen molar-refractivity contribution < 1.29 is 4.79 Å². The van der Waals surface area contributed by atoms with Gasteiger partial charge in [0.1, 0.15) is 0 Å². The van der Waals surface area contributed by atoms with Crippen molar-refractivity contribution in [3.05, 3.63) is 33.9 Å². The molecule has 21 heavy (non-hydrogen) atoms. The molecule has 6 heteroatoms. The number of nitrogens with zero attached hydrogens (tertiary/aromatic N) is 2. The van der Waals surface area contributed by atoms with E-state index in [2.05, 4.69) is 28.5 Å². The molecule has 0 aliphatic rings. The van der Waals surface area contributed by atoms with Gasteiger partial charge in [-0.3, -0.25) is 4.79 Å². The van der Waals surface area contributed by atoms with Crippen LogP contribution in [0.3, 0.4) is 0 Å². The molecule has 0 atom stereocenters. The molecule has 0 bridgehead atoms. The quantitative estimate of drug-likeness (QED) is 0.666. The molecular weight excluding hydrogens is 302 g/mol. The van der Waals surface area contributed by atoms with Crippen molar-refractivity contribution in [2.75, 3.05) is 12.4 Å². The number of hydrogen-bond acceptors (Lipinski definition) is 6. The number of rotatable bonds is 5. The lowest BCUT2D eigenvalue weighted by Gasteiger charge is -2.15. The Kier molecular flexibility index (Phi) is 5.00. The van der Waals surface area contributed by atoms with Gasteiger partial charge in [0, 0.05) is 18.4 Å². The van der Waals surface area contributed by atoms with Crippen LogP contribution < -0.4 is 5.32 Å². The number of nitrogens with one attached hydrogen (secondary N) is 1. The van der Waals surface area contributed by atoms with Crippen LogP contribution in [0.15, 0.2) is 10.4 Å². The van der Waals surface area contributed by atoms with Crippen LogP contribution in [0.1, 0.15) is 39.5 Å². The number of thioether (sulfide) groups is 1. The summed E-state index contributed by atoms with van der Waals surface area (Å²) in [5.74, 6) is 0.931. The third-order valence-electron chi connectivity index (χ3n) is 3.44. The summed E-state index contributed by atoms with van der Waals surface area (Å²) in [5.41, 5.74) is 5.44. The van der Waals surface area contributed by atoms with Crippen LogP contribution in [-0.4, -0.2) is 23.0 Å². The lowest BCUT2D eigenvalue weighted by Crippen LogP contribution is -2.05. The van der Waals surface area contributed by atoms with Crippen LogP contribution in [0, 0.1) is 20.8 Å². The first-order valence-corrected chi connectivity index (χ1v) is 8.49. The van der Waals surface area contributed by atoms with E-state index in [1.807, 2.05) is 20.9 Å². The molecule has 2 rings (SSSR count). The Morgan fingerprint density at radius 2 is 2.00 bits per heavy atom. The Morgan fingerprint density at radius 3 is 2.57 bits per heavy atom. The van der Waals surface area contributed by atoms with Crippen LogP contribution in [0.2, 0.25) is 0 Å². The summed E-state index contributed by atoms with van der Waals surface area (Å²) in [6, 6.07) is 2.10. The van der Waals surface area contributed by atoms with Crippen molar-refractivity contribution in [3.63, 3.8) is 0 Å². The lowest BCUT2D eigenvalue weighted by atomic mass is 9.92. The van der Waals surface area contributed by atoms with E-state index in [4.69, 9.17) is 0 Å². The van der Waals surface area contributed by atoms with E-state index >= 15 is 0 Å². The van der Waals surface area contributed by atoms with Gasteiger partial charge in [-0.15, -0.1) is 10.2 Å². The minimum Gasteiger partial charge on any atom is -0.363 e. The summed E-state index contributed by atoms with van der Waals surface area (Å²) in [5, 5.41) is 12.0. The third-order valence-corrected chi connectivity index (χ3v) is 5.54. The fourth-order valence-electron chi connectivity index (χ4n) is 2.49. The lowest BCUT2D eigenvalue weighted by molar-refractivity contribution is 0.101. The maximum Gasteiger partial charge on any atom is 0.206 e. The summed E-state index contributed by atoms with van der Waals surface area (Å²) in [6.45, 7) is 7.76. The highest BCUT2D eigenvalue weighted by molar-refractivity contribution is 8.00. The molecule has 0 aliphatic heterocycles. The third kappa shape index (κ3) is 3.44. The first-order valence-electron chi connectivity index (χ1n) is 6.68. The van der Waals surface area contributed by atoms with Gasteiger partial charge in [0.15, 0.2) is 10.1 Å². The molecule has 4 nitrogen and oxygen atoms in total. The predicted octanol–water partition coefficient (Wildman–Crippen LogP) is 4.00. The molecule has 1 N–H and O–H groups in total. The van der Waals surface area contributed by atoms with Gasteiger partial charge >= 0.3 is 0 Å². The fraction of sp³-hybridized carbons (Fsp3) is 0.400. The SMILES string of the molecule is CNc1nnc(SCc2c(C)cc(C)c(C(C)=O)c2C)s1. The first kappa shape index (κ1) is 16.0. The first-order chi connectivity index (χ1) is 9.93. The zero-order valence-electron chi connectivity index (χ0n) is 12.9. The number of carbonyl (C=O) groups is 1. The van der Waals surface area contributed by atoms with E-state index in [0.717, 1.165) is 31.9 Å². The van der Waals surface area contributed by atoms with Gasteiger partial charge < -0.3 is 5.32 Å². The average Bonchev–Trinajstić information content (AvgIpc) is 2.85. The molecule has 0 unspecified atom stereocenters. The van der Waals surface area contributed by atoms with E-state index in [-0.39, 0.29) is 5.78 Å². The Hall–Kier alpha value is -1.40. The second kappa shape index (κ2) is 6.58. The highest BCUT2D eigenvalue weighted by Crippen LogP contribution is 2.32. The van der Waals surface area contributed by atoms with Crippen LogP contribution in [0.4, 0.5) is 5.13 Å². The zero-order chi connectivity index (χ0) is 15.6. The largest absolute Gasteiger partial charge is 0.363 e. The summed E-state index contributed by atoms with van der Waals surface area (Å²) < 4.78 is 0.933. The number of aromatic nitrogens is 2. The molecule has 1 heterocycles. The monoisotopic (exact) mass is 321 g/mol. The van der Waals surface area contributed by atoms with E-state index in [1.165, 1.54) is 11.1 Å². The molecule has 0 fully saturated rings. The van der Waals surface area contributed by atoms with Crippen molar-refractivity contribution in [2.45, 2.75) is 37.8 Å². The number of benzene rings is 1. The van der Waals surface area contributed by atoms with E-state index < -0.39 is 0 Å². The van der Waals surface area contributed by atoms with E-state index in [1.54, 1.807) is 30.0 Å². The summed E-state index contributed by atoms with van der Waals surface area (Å²) in [7, 11) is 1.84. The molecule has 2 aromatic rings. The average molecular weight is 321 g/mol. The van der Waals surface area contributed by atoms with Crippen molar-refractivity contribution >= 4 is 34.0 Å². The van der Waals surface area contributed by atoms with Crippen molar-refractivity contribution in [1.82, 2.24) is 10.2 Å². The Bertz CT molecular complexity index is 680. The van der Waals surface area contributed by atoms with Crippen LogP contribution in [0.5, 0.6) is 0 Å². The molecular formula is C15H19N3OS2. The molecule has 112 valence electrons. The van der Waals surface area contributed by atoms with Gasteiger partial charge in [-0.2, -0.15) is 0 Å². The van der Waals surface area contributed by atoms with Crippen LogP contribution in [-0.2, 0) is 5.75 Å². The van der Waals surface area contributed by atoms with Gasteiger partial charge in [0.05, 0.1) is 0 Å². The highest BCUT2D eigenvalue weighted by atomic mass is 32.2. The van der Waals surface area contributed by atoms with Gasteiger partial charge in [-0.1, -0.05) is 29.2 Å². The van der Waals surface area contributed by atoms with Gasteiger partial charge in [0.25, 0.3) is 0 Å². The zero-order valence-corrected chi connectivity index (χ0v) is 14.5. The smallest absolute Gasteiger partial charge is 0.206 e. The second-order valence-corrected chi connectivity index (χ2v) is 7.16. The molecule has 0 radical (unpaired) electrons. The van der Waals surface area contributed by atoms with Crippen molar-refractivity contribution in [1.29, 1.82) is 0 Å². The number of anilines is 1. The molecule has 1 aromatic carbocycles. The maximum atomic E-state index is 11.8. The summed E-state index contributed by atoms with van der Waals surface area (Å²) in [4.78, 5) is 11.8. The molecule has 0 amide bonds. The molecule has 0 aliphatic carbocycles.